The van der Waals surface area contributed by atoms with Crippen molar-refractivity contribution in [3.05, 3.63) is 84.4 Å². The topological polar surface area (TPSA) is 116 Å². The fraction of sp³-hybridized carbons (Fsp3) is 0.0909. The van der Waals surface area contributed by atoms with E-state index in [0.717, 1.165) is 5.82 Å². The van der Waals surface area contributed by atoms with Crippen LogP contribution >= 0.6 is 0 Å². The Morgan fingerprint density at radius 2 is 1.69 bits per heavy atom. The fourth-order valence-electron chi connectivity index (χ4n) is 2.91. The van der Waals surface area contributed by atoms with Crippen LogP contribution in [0.2, 0.25) is 0 Å². The quantitative estimate of drug-likeness (QED) is 0.427. The lowest BCUT2D eigenvalue weighted by molar-refractivity contribution is 0.101. The summed E-state index contributed by atoms with van der Waals surface area (Å²) in [5.74, 6) is 2.05. The zero-order valence-corrected chi connectivity index (χ0v) is 18.1. The smallest absolute Gasteiger partial charge is 0.261 e. The summed E-state index contributed by atoms with van der Waals surface area (Å²) in [5, 5.41) is 8.19. The number of Topliss-reactive ketones (excluding diaryl/α,β-unsaturated/α-hetero) is 1. The van der Waals surface area contributed by atoms with E-state index in [1.165, 1.54) is 31.2 Å². The van der Waals surface area contributed by atoms with Crippen LogP contribution in [0.25, 0.3) is 5.82 Å². The van der Waals surface area contributed by atoms with E-state index in [9.17, 15) is 13.2 Å². The van der Waals surface area contributed by atoms with Gasteiger partial charge in [-0.3, -0.25) is 14.1 Å². The Morgan fingerprint density at radius 3 is 2.25 bits per heavy atom. The second-order valence-electron chi connectivity index (χ2n) is 6.89. The van der Waals surface area contributed by atoms with Gasteiger partial charge in [0.05, 0.1) is 4.90 Å². The molecule has 4 rings (SSSR count). The van der Waals surface area contributed by atoms with Gasteiger partial charge in [-0.05, 0) is 56.3 Å². The summed E-state index contributed by atoms with van der Waals surface area (Å²) < 4.78 is 35.1. The molecule has 0 aliphatic rings. The van der Waals surface area contributed by atoms with Crippen LogP contribution in [0.3, 0.4) is 0 Å². The monoisotopic (exact) mass is 449 g/mol. The Labute approximate surface area is 184 Å². The molecule has 0 unspecified atom stereocenters. The lowest BCUT2D eigenvalue weighted by atomic mass is 10.2. The number of aromatic nitrogens is 4. The first-order chi connectivity index (χ1) is 15.3. The molecule has 0 radical (unpaired) electrons. The number of sulfonamides is 1. The molecular weight excluding hydrogens is 430 g/mol. The van der Waals surface area contributed by atoms with Crippen molar-refractivity contribution in [3.8, 4) is 17.4 Å². The molecule has 4 aromatic rings. The molecule has 0 amide bonds. The minimum atomic E-state index is -3.79. The van der Waals surface area contributed by atoms with Crippen molar-refractivity contribution in [3.63, 3.8) is 0 Å². The number of carbonyl (C=O) groups excluding carboxylic acids is 1. The maximum Gasteiger partial charge on any atom is 0.261 e. The van der Waals surface area contributed by atoms with E-state index in [-0.39, 0.29) is 10.7 Å². The summed E-state index contributed by atoms with van der Waals surface area (Å²) >= 11 is 0. The van der Waals surface area contributed by atoms with Crippen LogP contribution < -0.4 is 9.46 Å². The first kappa shape index (κ1) is 21.2. The van der Waals surface area contributed by atoms with Gasteiger partial charge in [0, 0.05) is 29.7 Å². The molecule has 2 aromatic heterocycles. The molecule has 0 saturated heterocycles. The van der Waals surface area contributed by atoms with Gasteiger partial charge in [0.1, 0.15) is 11.6 Å². The molecule has 2 aromatic carbocycles. The molecule has 10 heteroatoms. The molecule has 0 atom stereocenters. The molecular formula is C22H19N5O4S. The van der Waals surface area contributed by atoms with Crippen LogP contribution in [0.1, 0.15) is 23.1 Å². The van der Waals surface area contributed by atoms with Crippen molar-refractivity contribution in [2.24, 2.45) is 0 Å². The third-order valence-corrected chi connectivity index (χ3v) is 6.00. The molecule has 0 bridgehead atoms. The number of nitrogens with zero attached hydrogens (tertiary/aromatic N) is 4. The minimum Gasteiger partial charge on any atom is -0.438 e. The first-order valence-corrected chi connectivity index (χ1v) is 11.1. The molecule has 2 heterocycles. The molecule has 0 fully saturated rings. The van der Waals surface area contributed by atoms with Crippen LogP contribution in [-0.2, 0) is 10.0 Å². The molecule has 0 saturated carbocycles. The third-order valence-electron chi connectivity index (χ3n) is 4.60. The summed E-state index contributed by atoms with van der Waals surface area (Å²) in [6, 6.07) is 15.6. The van der Waals surface area contributed by atoms with Crippen molar-refractivity contribution in [1.29, 1.82) is 0 Å². The number of aryl methyl sites for hydroxylation is 1. The normalized spacial score (nSPS) is 11.2. The van der Waals surface area contributed by atoms with Crippen molar-refractivity contribution in [2.75, 3.05) is 4.72 Å². The van der Waals surface area contributed by atoms with Gasteiger partial charge in [0.25, 0.3) is 10.0 Å². The number of hydrogen-bond donors (Lipinski definition) is 1. The van der Waals surface area contributed by atoms with Gasteiger partial charge in [0.15, 0.2) is 11.6 Å². The number of nitrogens with one attached hydrogen (secondary N) is 1. The molecule has 0 spiro atoms. The molecule has 9 nitrogen and oxygen atoms in total. The van der Waals surface area contributed by atoms with E-state index in [4.69, 9.17) is 4.74 Å². The van der Waals surface area contributed by atoms with Gasteiger partial charge in [-0.2, -0.15) is 0 Å². The highest BCUT2D eigenvalue weighted by Crippen LogP contribution is 2.23. The van der Waals surface area contributed by atoms with Gasteiger partial charge >= 0.3 is 0 Å². The number of carbonyl (C=O) groups is 1. The number of ketones is 1. The summed E-state index contributed by atoms with van der Waals surface area (Å²) in [7, 11) is -3.79. The predicted octanol–water partition coefficient (Wildman–Crippen LogP) is 3.77. The lowest BCUT2D eigenvalue weighted by Crippen LogP contribution is -2.13. The summed E-state index contributed by atoms with van der Waals surface area (Å²) in [5.41, 5.74) is 0.812. The predicted molar refractivity (Wildman–Crippen MR) is 118 cm³/mol. The second kappa shape index (κ2) is 8.60. The lowest BCUT2D eigenvalue weighted by Gasteiger charge is -2.10. The van der Waals surface area contributed by atoms with Crippen LogP contribution in [0.5, 0.6) is 11.6 Å². The van der Waals surface area contributed by atoms with Gasteiger partial charge < -0.3 is 4.74 Å². The Morgan fingerprint density at radius 1 is 0.969 bits per heavy atom. The third kappa shape index (κ3) is 4.65. The van der Waals surface area contributed by atoms with Gasteiger partial charge in [-0.15, -0.1) is 10.2 Å². The zero-order valence-electron chi connectivity index (χ0n) is 17.3. The highest BCUT2D eigenvalue weighted by atomic mass is 32.2. The number of ether oxygens (including phenoxy) is 1. The minimum absolute atomic E-state index is 0.0614. The van der Waals surface area contributed by atoms with E-state index in [2.05, 4.69) is 19.9 Å². The van der Waals surface area contributed by atoms with Crippen LogP contribution in [-0.4, -0.2) is 33.9 Å². The average Bonchev–Trinajstić information content (AvgIpc) is 3.21. The Kier molecular flexibility index (Phi) is 5.69. The van der Waals surface area contributed by atoms with E-state index >= 15 is 0 Å². The molecule has 0 aliphatic heterocycles. The number of hydrogen-bond acceptors (Lipinski definition) is 7. The molecule has 162 valence electrons. The van der Waals surface area contributed by atoms with Crippen molar-refractivity contribution in [2.45, 2.75) is 18.7 Å². The maximum atomic E-state index is 12.6. The first-order valence-electron chi connectivity index (χ1n) is 9.58. The molecule has 0 aliphatic carbocycles. The van der Waals surface area contributed by atoms with E-state index in [1.807, 2.05) is 6.92 Å². The number of rotatable bonds is 7. The van der Waals surface area contributed by atoms with Gasteiger partial charge in [-0.25, -0.2) is 13.4 Å². The number of imidazole rings is 1. The summed E-state index contributed by atoms with van der Waals surface area (Å²) in [4.78, 5) is 15.6. The Hall–Kier alpha value is -4.05. The highest BCUT2D eigenvalue weighted by molar-refractivity contribution is 7.92. The number of benzene rings is 2. The van der Waals surface area contributed by atoms with Crippen molar-refractivity contribution in [1.82, 2.24) is 19.7 Å². The Balaban J connectivity index is 1.42. The highest BCUT2D eigenvalue weighted by Gasteiger charge is 2.15. The van der Waals surface area contributed by atoms with Crippen molar-refractivity contribution >= 4 is 21.5 Å². The van der Waals surface area contributed by atoms with E-state index in [0.29, 0.717) is 28.7 Å². The van der Waals surface area contributed by atoms with Crippen LogP contribution in [0, 0.1) is 6.92 Å². The molecule has 1 N–H and O–H groups in total. The van der Waals surface area contributed by atoms with Gasteiger partial charge in [0.2, 0.25) is 5.88 Å². The fourth-order valence-corrected chi connectivity index (χ4v) is 3.97. The summed E-state index contributed by atoms with van der Waals surface area (Å²) in [6.07, 6.45) is 3.47. The number of anilines is 1. The van der Waals surface area contributed by atoms with E-state index < -0.39 is 10.0 Å². The van der Waals surface area contributed by atoms with E-state index in [1.54, 1.807) is 53.4 Å². The summed E-state index contributed by atoms with van der Waals surface area (Å²) in [6.45, 7) is 3.29. The standard InChI is InChI=1S/C22H19N5O4S/c1-15(28)17-3-9-20(10-4-17)32(29,30)26-18-5-7-19(8-6-18)31-22-12-11-21(24-25-22)27-14-13-23-16(27)2/h3-14,26H,1-2H3. The second-order valence-corrected chi connectivity index (χ2v) is 8.57. The zero-order chi connectivity index (χ0) is 22.7. The Bertz CT molecular complexity index is 1350. The maximum absolute atomic E-state index is 12.6. The van der Waals surface area contributed by atoms with Crippen LogP contribution in [0.4, 0.5) is 5.69 Å². The largest absolute Gasteiger partial charge is 0.438 e. The van der Waals surface area contributed by atoms with Crippen molar-refractivity contribution < 1.29 is 17.9 Å². The van der Waals surface area contributed by atoms with Crippen LogP contribution in [0.15, 0.2) is 78.0 Å². The SMILES string of the molecule is CC(=O)c1ccc(S(=O)(=O)Nc2ccc(Oc3ccc(-n4ccnc4C)nn3)cc2)cc1. The molecule has 32 heavy (non-hydrogen) atoms. The van der Waals surface area contributed by atoms with Gasteiger partial charge in [-0.1, -0.05) is 12.1 Å². The average molecular weight is 449 g/mol.